The molecule has 3 rings (SSSR count). The van der Waals surface area contributed by atoms with Crippen LogP contribution in [0.25, 0.3) is 0 Å². The first kappa shape index (κ1) is 19.1. The maximum Gasteiger partial charge on any atom is 1.00 e. The van der Waals surface area contributed by atoms with Gasteiger partial charge in [0.15, 0.2) is 17.3 Å². The topological polar surface area (TPSA) is 158 Å². The molecule has 0 radical (unpaired) electrons. The number of aromatic hydroxyl groups is 2. The second-order valence-corrected chi connectivity index (χ2v) is 6.16. The van der Waals surface area contributed by atoms with Crippen LogP contribution in [0.1, 0.15) is 31.8 Å². The first-order valence-electron chi connectivity index (χ1n) is 6.18. The molecule has 0 bridgehead atoms. The van der Waals surface area contributed by atoms with Gasteiger partial charge in [0.2, 0.25) is 0 Å². The van der Waals surface area contributed by atoms with E-state index in [4.69, 9.17) is 5.73 Å². The molecule has 8 nitrogen and oxygen atoms in total. The number of nitrogen functional groups attached to an aromatic ring is 1. The zero-order chi connectivity index (χ0) is 17.1. The molecular formula is C14H8KNO7S. The van der Waals surface area contributed by atoms with Gasteiger partial charge in [-0.3, -0.25) is 9.59 Å². The molecular weight excluding hydrogens is 365 g/mol. The Kier molecular flexibility index (Phi) is 4.94. The molecule has 0 unspecified atom stereocenters. The Bertz CT molecular complexity index is 1010. The summed E-state index contributed by atoms with van der Waals surface area (Å²) in [6.45, 7) is 0. The Hall–Kier alpha value is -1.27. The minimum absolute atomic E-state index is 0. The van der Waals surface area contributed by atoms with Crippen LogP contribution < -0.4 is 57.1 Å². The number of hydrogen-bond donors (Lipinski definition) is 3. The van der Waals surface area contributed by atoms with Gasteiger partial charge in [-0.15, -0.1) is 0 Å². The van der Waals surface area contributed by atoms with Crippen molar-refractivity contribution in [2.45, 2.75) is 4.90 Å². The number of phenolic OH excluding ortho intramolecular Hbond substituents is 2. The summed E-state index contributed by atoms with van der Waals surface area (Å²) < 4.78 is 33.7. The number of phenols is 2. The largest absolute Gasteiger partial charge is 1.00 e. The fourth-order valence-corrected chi connectivity index (χ4v) is 3.25. The maximum absolute atomic E-state index is 12.5. The number of carbonyl (C=O) groups excluding carboxylic acids is 2. The fraction of sp³-hybridized carbons (Fsp3) is 0. The Morgan fingerprint density at radius 1 is 0.917 bits per heavy atom. The summed E-state index contributed by atoms with van der Waals surface area (Å²) in [7, 11) is -5.33. The van der Waals surface area contributed by atoms with Crippen LogP contribution in [-0.2, 0) is 10.1 Å². The zero-order valence-electron chi connectivity index (χ0n) is 12.2. The molecule has 0 saturated carbocycles. The van der Waals surface area contributed by atoms with E-state index in [1.54, 1.807) is 0 Å². The quantitative estimate of drug-likeness (QED) is 0.137. The number of rotatable bonds is 1. The van der Waals surface area contributed by atoms with Crippen LogP contribution in [0.15, 0.2) is 29.2 Å². The van der Waals surface area contributed by atoms with Crippen LogP contribution >= 0.6 is 0 Å². The summed E-state index contributed by atoms with van der Waals surface area (Å²) >= 11 is 0. The minimum atomic E-state index is -5.33. The van der Waals surface area contributed by atoms with Crippen molar-refractivity contribution in [3.8, 4) is 11.5 Å². The zero-order valence-corrected chi connectivity index (χ0v) is 16.2. The van der Waals surface area contributed by atoms with Gasteiger partial charge in [-0.25, -0.2) is 8.42 Å². The Labute approximate surface area is 178 Å². The van der Waals surface area contributed by atoms with Crippen molar-refractivity contribution in [3.05, 3.63) is 46.5 Å². The third-order valence-electron chi connectivity index (χ3n) is 3.56. The van der Waals surface area contributed by atoms with E-state index in [0.717, 1.165) is 0 Å². The van der Waals surface area contributed by atoms with E-state index in [0.29, 0.717) is 0 Å². The van der Waals surface area contributed by atoms with Gasteiger partial charge >= 0.3 is 51.4 Å². The summed E-state index contributed by atoms with van der Waals surface area (Å²) in [5, 5.41) is 19.8. The average molecular weight is 373 g/mol. The van der Waals surface area contributed by atoms with Crippen molar-refractivity contribution in [2.24, 2.45) is 0 Å². The monoisotopic (exact) mass is 373 g/mol. The van der Waals surface area contributed by atoms with Crippen LogP contribution in [-0.4, -0.2) is 34.8 Å². The second kappa shape index (κ2) is 6.22. The van der Waals surface area contributed by atoms with E-state index in [1.807, 2.05) is 0 Å². The Morgan fingerprint density at radius 2 is 1.38 bits per heavy atom. The van der Waals surface area contributed by atoms with Gasteiger partial charge in [0.05, 0.1) is 16.8 Å². The van der Waals surface area contributed by atoms with Crippen LogP contribution in [0.3, 0.4) is 0 Å². The predicted octanol–water partition coefficient (Wildman–Crippen LogP) is -2.64. The van der Waals surface area contributed by atoms with E-state index in [-0.39, 0.29) is 62.5 Å². The van der Waals surface area contributed by atoms with Crippen molar-refractivity contribution in [3.63, 3.8) is 0 Å². The molecule has 0 saturated heterocycles. The minimum Gasteiger partial charge on any atom is -0.744 e. The van der Waals surface area contributed by atoms with Crippen LogP contribution in [0.4, 0.5) is 5.69 Å². The molecule has 4 N–H and O–H groups in total. The van der Waals surface area contributed by atoms with E-state index >= 15 is 0 Å². The van der Waals surface area contributed by atoms with Gasteiger partial charge in [-0.05, 0) is 0 Å². The van der Waals surface area contributed by atoms with Crippen molar-refractivity contribution in [1.82, 2.24) is 0 Å². The molecule has 0 heterocycles. The standard InChI is InChI=1S/C14H9NO7S.K/c15-9-7-8(12(18)14(13(9)19)23(20,21)22)11(17)6-4-2-1-3-5(6)10(7)16;/h1-4,18-19H,15H2,(H,20,21,22);/q;+1/p-1. The number of ketones is 2. The van der Waals surface area contributed by atoms with E-state index in [2.05, 4.69) is 0 Å². The summed E-state index contributed by atoms with van der Waals surface area (Å²) in [5.74, 6) is -4.18. The third kappa shape index (κ3) is 2.60. The van der Waals surface area contributed by atoms with Crippen molar-refractivity contribution in [1.29, 1.82) is 0 Å². The molecule has 2 aromatic rings. The van der Waals surface area contributed by atoms with Gasteiger partial charge in [-0.2, -0.15) is 0 Å². The first-order chi connectivity index (χ1) is 10.7. The molecule has 118 valence electrons. The molecule has 0 spiro atoms. The van der Waals surface area contributed by atoms with Crippen LogP contribution in [0, 0.1) is 0 Å². The molecule has 10 heteroatoms. The average Bonchev–Trinajstić information content (AvgIpc) is 2.47. The molecule has 0 aromatic heterocycles. The second-order valence-electron chi connectivity index (χ2n) is 4.85. The van der Waals surface area contributed by atoms with Crippen LogP contribution in [0.5, 0.6) is 11.5 Å². The fourth-order valence-electron chi connectivity index (χ4n) is 2.56. The SMILES string of the molecule is Nc1c(O)c(S(=O)(=O)[O-])c(O)c2c1C(=O)c1ccccc1C2=O.[K+]. The molecule has 0 amide bonds. The third-order valence-corrected chi connectivity index (χ3v) is 4.45. The molecule has 1 aliphatic carbocycles. The predicted molar refractivity (Wildman–Crippen MR) is 75.5 cm³/mol. The molecule has 0 aliphatic heterocycles. The Balaban J connectivity index is 0.00000208. The van der Waals surface area contributed by atoms with Crippen molar-refractivity contribution >= 4 is 27.4 Å². The number of benzene rings is 2. The summed E-state index contributed by atoms with van der Waals surface area (Å²) in [5.41, 5.74) is 3.47. The van der Waals surface area contributed by atoms with Gasteiger partial charge in [0.1, 0.15) is 20.8 Å². The van der Waals surface area contributed by atoms with Crippen LogP contribution in [0.2, 0.25) is 0 Å². The van der Waals surface area contributed by atoms with Gasteiger partial charge in [0.25, 0.3) is 0 Å². The van der Waals surface area contributed by atoms with Gasteiger partial charge in [0, 0.05) is 11.1 Å². The summed E-state index contributed by atoms with van der Waals surface area (Å²) in [6, 6.07) is 5.64. The normalized spacial score (nSPS) is 13.0. The number of fused-ring (bicyclic) bond motifs is 2. The van der Waals surface area contributed by atoms with E-state index in [1.165, 1.54) is 24.3 Å². The first-order valence-corrected chi connectivity index (χ1v) is 7.58. The van der Waals surface area contributed by atoms with E-state index < -0.39 is 54.9 Å². The van der Waals surface area contributed by atoms with Crippen molar-refractivity contribution in [2.75, 3.05) is 5.73 Å². The van der Waals surface area contributed by atoms with E-state index in [9.17, 15) is 32.8 Å². The number of nitrogens with two attached hydrogens (primary N) is 1. The maximum atomic E-state index is 12.5. The molecule has 0 atom stereocenters. The Morgan fingerprint density at radius 3 is 1.83 bits per heavy atom. The summed E-state index contributed by atoms with van der Waals surface area (Å²) in [6.07, 6.45) is 0. The molecule has 24 heavy (non-hydrogen) atoms. The van der Waals surface area contributed by atoms with Gasteiger partial charge in [-0.1, -0.05) is 24.3 Å². The van der Waals surface area contributed by atoms with Gasteiger partial charge < -0.3 is 20.5 Å². The molecule has 2 aromatic carbocycles. The molecule has 1 aliphatic rings. The number of anilines is 1. The molecule has 0 fully saturated rings. The number of carbonyl (C=O) groups is 2. The smallest absolute Gasteiger partial charge is 0.744 e. The van der Waals surface area contributed by atoms with Crippen molar-refractivity contribution < 1.29 is 84.2 Å². The number of hydrogen-bond acceptors (Lipinski definition) is 8. The summed E-state index contributed by atoms with van der Waals surface area (Å²) in [4.78, 5) is 23.5.